The molecule has 17 nitrogen and oxygen atoms in total. The molecule has 0 rings (SSSR count). The molecule has 0 heterocycles. The van der Waals surface area contributed by atoms with E-state index in [1.807, 2.05) is 0 Å². The van der Waals surface area contributed by atoms with Crippen LogP contribution in [-0.2, 0) is 65.4 Å². The fraction of sp³-hybridized carbons (Fsp3) is 0.813. The van der Waals surface area contributed by atoms with Crippen LogP contribution in [0.2, 0.25) is 0 Å². The van der Waals surface area contributed by atoms with Crippen LogP contribution in [0.15, 0.2) is 60.8 Å². The van der Waals surface area contributed by atoms with Gasteiger partial charge in [-0.1, -0.05) is 281 Å². The number of carbonyl (C=O) groups excluding carboxylic acids is 4. The SMILES string of the molecule is CC/C=C\C/C=C\C/C=C\C/C=C\CCCCC(=O)OCC(COP(=O)(O)OCC(O)COP(=O)(O)OCC(COC(=O)CCCCCCCCCCCCCCC)OC(=O)CCCCCCCCCCCCCCC)OC(=O)CCCCCCC/C=C\CCCCCC. The Morgan fingerprint density at radius 3 is 0.894 bits per heavy atom. The van der Waals surface area contributed by atoms with E-state index in [0.29, 0.717) is 25.7 Å². The second-order valence-corrected chi connectivity index (χ2v) is 28.1. The van der Waals surface area contributed by atoms with Crippen molar-refractivity contribution < 1.29 is 80.2 Å². The first-order chi connectivity index (χ1) is 45.7. The maximum absolute atomic E-state index is 13.0. The number of phosphoric acid groups is 2. The Kier molecular flexibility index (Phi) is 65.9. The second kappa shape index (κ2) is 68.3. The van der Waals surface area contributed by atoms with Crippen molar-refractivity contribution >= 4 is 39.5 Å². The first-order valence-corrected chi connectivity index (χ1v) is 40.5. The van der Waals surface area contributed by atoms with Gasteiger partial charge in [-0.25, -0.2) is 9.13 Å². The van der Waals surface area contributed by atoms with Gasteiger partial charge in [0.2, 0.25) is 0 Å². The third-order valence-corrected chi connectivity index (χ3v) is 17.9. The lowest BCUT2D eigenvalue weighted by Crippen LogP contribution is -2.30. The molecule has 0 aromatic carbocycles. The summed E-state index contributed by atoms with van der Waals surface area (Å²) in [6.45, 7) is 4.73. The summed E-state index contributed by atoms with van der Waals surface area (Å²) < 4.78 is 68.4. The van der Waals surface area contributed by atoms with Gasteiger partial charge in [0.05, 0.1) is 26.4 Å². The summed E-state index contributed by atoms with van der Waals surface area (Å²) in [6.07, 6.45) is 65.0. The van der Waals surface area contributed by atoms with Crippen molar-refractivity contribution in [2.45, 2.75) is 354 Å². The molecule has 5 unspecified atom stereocenters. The molecule has 0 amide bonds. The van der Waals surface area contributed by atoms with Crippen LogP contribution >= 0.6 is 15.6 Å². The Balaban J connectivity index is 5.34. The molecule has 5 atom stereocenters. The van der Waals surface area contributed by atoms with Crippen molar-refractivity contribution in [3.05, 3.63) is 60.8 Å². The highest BCUT2D eigenvalue weighted by Gasteiger charge is 2.30. The zero-order valence-electron chi connectivity index (χ0n) is 59.6. The summed E-state index contributed by atoms with van der Waals surface area (Å²) in [5.41, 5.74) is 0. The molecular formula is C75H136O17P2. The molecule has 19 heteroatoms. The van der Waals surface area contributed by atoms with Crippen molar-refractivity contribution in [3.8, 4) is 0 Å². The van der Waals surface area contributed by atoms with Crippen molar-refractivity contribution in [2.24, 2.45) is 0 Å². The largest absolute Gasteiger partial charge is 0.472 e. The lowest BCUT2D eigenvalue weighted by Gasteiger charge is -2.21. The highest BCUT2D eigenvalue weighted by molar-refractivity contribution is 7.47. The number of unbranched alkanes of at least 4 members (excludes halogenated alkanes) is 35. The molecule has 0 saturated heterocycles. The van der Waals surface area contributed by atoms with Crippen molar-refractivity contribution in [3.63, 3.8) is 0 Å². The number of aliphatic hydroxyl groups excluding tert-OH is 1. The number of rotatable bonds is 71. The van der Waals surface area contributed by atoms with E-state index in [4.69, 9.17) is 37.0 Å². The summed E-state index contributed by atoms with van der Waals surface area (Å²) >= 11 is 0. The highest BCUT2D eigenvalue weighted by atomic mass is 31.2. The lowest BCUT2D eigenvalue weighted by atomic mass is 10.0. The maximum Gasteiger partial charge on any atom is 0.472 e. The predicted molar refractivity (Wildman–Crippen MR) is 381 cm³/mol. The van der Waals surface area contributed by atoms with Crippen LogP contribution in [-0.4, -0.2) is 96.7 Å². The number of hydrogen-bond acceptors (Lipinski definition) is 15. The third kappa shape index (κ3) is 67.3. The number of esters is 4. The van der Waals surface area contributed by atoms with E-state index >= 15 is 0 Å². The van der Waals surface area contributed by atoms with Crippen LogP contribution in [0.25, 0.3) is 0 Å². The topological polar surface area (TPSA) is 237 Å². The van der Waals surface area contributed by atoms with Gasteiger partial charge in [0.25, 0.3) is 0 Å². The Labute approximate surface area is 571 Å². The van der Waals surface area contributed by atoms with Gasteiger partial charge in [0, 0.05) is 25.7 Å². The third-order valence-electron chi connectivity index (χ3n) is 16.0. The monoisotopic (exact) mass is 1370 g/mol. The van der Waals surface area contributed by atoms with Crippen molar-refractivity contribution in [1.29, 1.82) is 0 Å². The molecule has 0 aliphatic rings. The molecule has 548 valence electrons. The number of hydrogen-bond donors (Lipinski definition) is 3. The molecule has 0 saturated carbocycles. The van der Waals surface area contributed by atoms with E-state index < -0.39 is 97.5 Å². The molecule has 0 bridgehead atoms. The van der Waals surface area contributed by atoms with Crippen LogP contribution in [0.3, 0.4) is 0 Å². The lowest BCUT2D eigenvalue weighted by molar-refractivity contribution is -0.161. The van der Waals surface area contributed by atoms with Crippen LogP contribution in [0.1, 0.15) is 336 Å². The van der Waals surface area contributed by atoms with Gasteiger partial charge in [0.1, 0.15) is 19.3 Å². The number of allylic oxidation sites excluding steroid dienone is 10. The summed E-state index contributed by atoms with van der Waals surface area (Å²) in [4.78, 5) is 72.7. The maximum atomic E-state index is 13.0. The number of aliphatic hydroxyl groups is 1. The second-order valence-electron chi connectivity index (χ2n) is 25.2. The zero-order chi connectivity index (χ0) is 69.0. The number of carbonyl (C=O) groups is 4. The van der Waals surface area contributed by atoms with Crippen molar-refractivity contribution in [2.75, 3.05) is 39.6 Å². The Morgan fingerprint density at radius 1 is 0.309 bits per heavy atom. The quantitative estimate of drug-likeness (QED) is 0.0169. The Morgan fingerprint density at radius 2 is 0.553 bits per heavy atom. The van der Waals surface area contributed by atoms with Gasteiger partial charge in [-0.05, 0) is 89.9 Å². The van der Waals surface area contributed by atoms with Crippen LogP contribution in [0.5, 0.6) is 0 Å². The fourth-order valence-corrected chi connectivity index (χ4v) is 11.8. The normalized spacial score (nSPS) is 14.3. The van der Waals surface area contributed by atoms with Crippen molar-refractivity contribution in [1.82, 2.24) is 0 Å². The molecule has 3 N–H and O–H groups in total. The van der Waals surface area contributed by atoms with Gasteiger partial charge < -0.3 is 33.8 Å². The first-order valence-electron chi connectivity index (χ1n) is 37.5. The average Bonchev–Trinajstić information content (AvgIpc) is 1.67. The van der Waals surface area contributed by atoms with Gasteiger partial charge in [-0.3, -0.25) is 37.3 Å². The molecule has 0 aromatic rings. The van der Waals surface area contributed by atoms with E-state index in [1.54, 1.807) is 0 Å². The number of ether oxygens (including phenoxy) is 4. The summed E-state index contributed by atoms with van der Waals surface area (Å²) in [6, 6.07) is 0. The predicted octanol–water partition coefficient (Wildman–Crippen LogP) is 21.1. The molecule has 0 radical (unpaired) electrons. The molecule has 0 aliphatic heterocycles. The molecule has 0 aliphatic carbocycles. The van der Waals surface area contributed by atoms with Gasteiger partial charge in [0.15, 0.2) is 12.2 Å². The molecule has 0 fully saturated rings. The smallest absolute Gasteiger partial charge is 0.462 e. The van der Waals surface area contributed by atoms with E-state index in [9.17, 15) is 43.2 Å². The minimum Gasteiger partial charge on any atom is -0.462 e. The molecule has 0 aromatic heterocycles. The fourth-order valence-electron chi connectivity index (χ4n) is 10.3. The van der Waals surface area contributed by atoms with E-state index in [-0.39, 0.29) is 25.7 Å². The Hall–Kier alpha value is -3.24. The van der Waals surface area contributed by atoms with E-state index in [2.05, 4.69) is 88.5 Å². The highest BCUT2D eigenvalue weighted by Crippen LogP contribution is 2.45. The van der Waals surface area contributed by atoms with Gasteiger partial charge >= 0.3 is 39.5 Å². The standard InChI is InChI=1S/C75H136O17P2/c1-5-9-13-17-21-25-29-33-34-38-40-44-48-52-56-60-73(78)86-66-71(92-75(80)62-58-54-50-46-42-37-32-28-24-20-16-12-8-4)68-90-94(83,84)88-64-69(76)63-87-93(81,82)89-67-70(91-74(79)61-57-53-49-45-41-36-31-27-23-19-15-11-7-3)65-85-72(77)59-55-51-47-43-39-35-30-26-22-18-14-10-6-2/h9,13,21,25,28,32-34,40,44,69-71,76H,5-8,10-12,14-20,22-24,26-27,29-31,35-39,41-43,45-68H2,1-4H3,(H,81,82)(H,83,84)/b13-9-,25-21-,32-28-,34-33-,44-40-. The first kappa shape index (κ1) is 90.8. The van der Waals surface area contributed by atoms with Crippen LogP contribution in [0.4, 0.5) is 0 Å². The molecular weight excluding hydrogens is 1230 g/mol. The van der Waals surface area contributed by atoms with Crippen LogP contribution < -0.4 is 0 Å². The van der Waals surface area contributed by atoms with Crippen LogP contribution in [0, 0.1) is 0 Å². The number of phosphoric ester groups is 2. The average molecular weight is 1370 g/mol. The summed E-state index contributed by atoms with van der Waals surface area (Å²) in [5.74, 6) is -2.20. The van der Waals surface area contributed by atoms with Gasteiger partial charge in [-0.15, -0.1) is 0 Å². The Bertz CT molecular complexity index is 2030. The zero-order valence-corrected chi connectivity index (χ0v) is 61.4. The summed E-state index contributed by atoms with van der Waals surface area (Å²) in [5, 5.41) is 10.6. The van der Waals surface area contributed by atoms with Gasteiger partial charge in [-0.2, -0.15) is 0 Å². The minimum absolute atomic E-state index is 0.0790. The molecule has 0 spiro atoms. The molecule has 94 heavy (non-hydrogen) atoms. The van der Waals surface area contributed by atoms with E-state index in [1.165, 1.54) is 135 Å². The minimum atomic E-state index is -4.97. The van der Waals surface area contributed by atoms with E-state index in [0.717, 1.165) is 122 Å². The summed E-state index contributed by atoms with van der Waals surface area (Å²) in [7, 11) is -9.94.